The summed E-state index contributed by atoms with van der Waals surface area (Å²) < 4.78 is 6.64. The molecule has 1 aromatic rings. The van der Waals surface area contributed by atoms with Crippen molar-refractivity contribution in [3.8, 4) is 0 Å². The summed E-state index contributed by atoms with van der Waals surface area (Å²) >= 11 is 6.21. The van der Waals surface area contributed by atoms with E-state index in [1.54, 1.807) is 20.8 Å². The van der Waals surface area contributed by atoms with E-state index in [1.807, 2.05) is 13.8 Å². The van der Waals surface area contributed by atoms with Gasteiger partial charge in [0.15, 0.2) is 6.10 Å². The Hall–Kier alpha value is -2.09. The molecule has 0 aliphatic rings. The highest BCUT2D eigenvalue weighted by molar-refractivity contribution is 6.32. The molecular weight excluding hydrogens is 348 g/mol. The number of halogens is 1. The van der Waals surface area contributed by atoms with Crippen LogP contribution in [-0.2, 0) is 16.1 Å². The number of esters is 1. The number of imide groups is 1. The third-order valence-corrected chi connectivity index (χ3v) is 3.50. The van der Waals surface area contributed by atoms with Gasteiger partial charge in [-0.25, -0.2) is 9.59 Å². The highest BCUT2D eigenvalue weighted by Crippen LogP contribution is 2.22. The monoisotopic (exact) mass is 372 g/mol. The predicted molar refractivity (Wildman–Crippen MR) is 93.5 cm³/mol. The van der Waals surface area contributed by atoms with Crippen molar-refractivity contribution in [3.05, 3.63) is 16.4 Å². The maximum Gasteiger partial charge on any atom is 0.343 e. The molecule has 1 heterocycles. The highest BCUT2D eigenvalue weighted by atomic mass is 35.5. The fourth-order valence-electron chi connectivity index (χ4n) is 2.04. The van der Waals surface area contributed by atoms with Gasteiger partial charge in [0.25, 0.3) is 5.91 Å². The lowest BCUT2D eigenvalue weighted by Gasteiger charge is -2.14. The lowest BCUT2D eigenvalue weighted by atomic mass is 10.2. The largest absolute Gasteiger partial charge is 0.449 e. The molecule has 0 radical (unpaired) electrons. The average molecular weight is 373 g/mol. The van der Waals surface area contributed by atoms with Crippen molar-refractivity contribution in [3.63, 3.8) is 0 Å². The van der Waals surface area contributed by atoms with E-state index in [2.05, 4.69) is 15.7 Å². The third-order valence-electron chi connectivity index (χ3n) is 3.12. The van der Waals surface area contributed by atoms with Crippen LogP contribution in [-0.4, -0.2) is 39.8 Å². The summed E-state index contributed by atoms with van der Waals surface area (Å²) in [6.07, 6.45) is -1.16. The van der Waals surface area contributed by atoms with Crippen LogP contribution in [0.3, 0.4) is 0 Å². The van der Waals surface area contributed by atoms with Gasteiger partial charge in [-0.2, -0.15) is 5.10 Å². The number of carbonyl (C=O) groups is 3. The minimum absolute atomic E-state index is 0.119. The van der Waals surface area contributed by atoms with Gasteiger partial charge in [-0.3, -0.25) is 14.8 Å². The molecule has 3 amide bonds. The zero-order valence-electron chi connectivity index (χ0n) is 15.3. The number of amides is 3. The summed E-state index contributed by atoms with van der Waals surface area (Å²) in [6.45, 7) is 11.1. The van der Waals surface area contributed by atoms with Gasteiger partial charge in [0.1, 0.15) is 10.7 Å². The van der Waals surface area contributed by atoms with Gasteiger partial charge in [-0.1, -0.05) is 25.4 Å². The van der Waals surface area contributed by atoms with Gasteiger partial charge in [-0.15, -0.1) is 0 Å². The van der Waals surface area contributed by atoms with Crippen molar-refractivity contribution in [2.24, 2.45) is 5.92 Å². The molecule has 0 spiro atoms. The van der Waals surface area contributed by atoms with Gasteiger partial charge in [-0.05, 0) is 33.6 Å². The number of nitrogens with zero attached hydrogens (tertiary/aromatic N) is 2. The zero-order chi connectivity index (χ0) is 19.3. The molecule has 0 unspecified atom stereocenters. The molecule has 0 bridgehead atoms. The van der Waals surface area contributed by atoms with Crippen molar-refractivity contribution in [2.75, 3.05) is 0 Å². The van der Waals surface area contributed by atoms with E-state index in [0.717, 1.165) is 0 Å². The molecule has 0 aliphatic carbocycles. The topological polar surface area (TPSA) is 102 Å². The normalized spacial score (nSPS) is 12.2. The number of hydrogen-bond acceptors (Lipinski definition) is 5. The van der Waals surface area contributed by atoms with Gasteiger partial charge < -0.3 is 10.1 Å². The van der Waals surface area contributed by atoms with Crippen LogP contribution in [0.25, 0.3) is 0 Å². The van der Waals surface area contributed by atoms with Crippen molar-refractivity contribution in [1.29, 1.82) is 0 Å². The summed E-state index contributed by atoms with van der Waals surface area (Å²) in [6, 6.07) is -0.777. The molecule has 0 saturated carbocycles. The van der Waals surface area contributed by atoms with E-state index in [4.69, 9.17) is 16.3 Å². The van der Waals surface area contributed by atoms with Crippen LogP contribution < -0.4 is 10.6 Å². The summed E-state index contributed by atoms with van der Waals surface area (Å²) in [5, 5.41) is 9.01. The molecule has 140 valence electrons. The molecule has 2 N–H and O–H groups in total. The molecule has 0 fully saturated rings. The van der Waals surface area contributed by atoms with Crippen molar-refractivity contribution < 1.29 is 19.1 Å². The Morgan fingerprint density at radius 3 is 2.32 bits per heavy atom. The smallest absolute Gasteiger partial charge is 0.343 e. The maximum atomic E-state index is 12.3. The second kappa shape index (κ2) is 8.84. The number of rotatable bonds is 6. The van der Waals surface area contributed by atoms with E-state index in [9.17, 15) is 14.4 Å². The minimum Gasteiger partial charge on any atom is -0.449 e. The third kappa shape index (κ3) is 6.04. The summed E-state index contributed by atoms with van der Waals surface area (Å²) in [7, 11) is 0. The Bertz CT molecular complexity index is 655. The van der Waals surface area contributed by atoms with Crippen LogP contribution in [0.15, 0.2) is 0 Å². The van der Waals surface area contributed by atoms with E-state index >= 15 is 0 Å². The van der Waals surface area contributed by atoms with Crippen molar-refractivity contribution >= 4 is 29.5 Å². The SMILES string of the molecule is Cc1nn(CC(C)C)c(Cl)c1C(=O)O[C@H](C)C(=O)NC(=O)NC(C)C. The number of carbonyl (C=O) groups excluding carboxylic acids is 3. The van der Waals surface area contributed by atoms with Gasteiger partial charge in [0.05, 0.1) is 5.69 Å². The fraction of sp³-hybridized carbons (Fsp3) is 0.625. The molecular formula is C16H25ClN4O4. The predicted octanol–water partition coefficient (Wildman–Crippen LogP) is 2.28. The van der Waals surface area contributed by atoms with Crippen LogP contribution in [0.2, 0.25) is 5.15 Å². The second-order valence-electron chi connectivity index (χ2n) is 6.49. The zero-order valence-corrected chi connectivity index (χ0v) is 16.1. The standard InChI is InChI=1S/C16H25ClN4O4/c1-8(2)7-21-13(17)12(10(5)20-21)15(23)25-11(6)14(22)19-16(24)18-9(3)4/h8-9,11H,7H2,1-6H3,(H2,18,19,22,24)/t11-/m1/s1. The van der Waals surface area contributed by atoms with E-state index in [0.29, 0.717) is 18.2 Å². The highest BCUT2D eigenvalue weighted by Gasteiger charge is 2.26. The maximum absolute atomic E-state index is 12.3. The van der Waals surface area contributed by atoms with Crippen molar-refractivity contribution in [2.45, 2.75) is 60.2 Å². The van der Waals surface area contributed by atoms with E-state index in [-0.39, 0.29) is 16.8 Å². The molecule has 0 aliphatic heterocycles. The Morgan fingerprint density at radius 1 is 1.20 bits per heavy atom. The molecule has 8 nitrogen and oxygen atoms in total. The number of aryl methyl sites for hydroxylation is 1. The van der Waals surface area contributed by atoms with E-state index < -0.39 is 24.0 Å². The first-order valence-corrected chi connectivity index (χ1v) is 8.45. The van der Waals surface area contributed by atoms with Gasteiger partial charge in [0.2, 0.25) is 0 Å². The fourth-order valence-corrected chi connectivity index (χ4v) is 2.36. The Kier molecular flexibility index (Phi) is 7.41. The Labute approximate surface area is 152 Å². The molecule has 1 rings (SSSR count). The summed E-state index contributed by atoms with van der Waals surface area (Å²) in [5.41, 5.74) is 0.536. The molecule has 1 atom stereocenters. The van der Waals surface area contributed by atoms with Crippen LogP contribution in [0.5, 0.6) is 0 Å². The average Bonchev–Trinajstić information content (AvgIpc) is 2.71. The van der Waals surface area contributed by atoms with E-state index in [1.165, 1.54) is 11.6 Å². The van der Waals surface area contributed by atoms with Crippen LogP contribution in [0.1, 0.15) is 50.7 Å². The van der Waals surface area contributed by atoms with Gasteiger partial charge in [0, 0.05) is 12.6 Å². The quantitative estimate of drug-likeness (QED) is 0.746. The lowest BCUT2D eigenvalue weighted by molar-refractivity contribution is -0.127. The second-order valence-corrected chi connectivity index (χ2v) is 6.85. The lowest BCUT2D eigenvalue weighted by Crippen LogP contribution is -2.46. The molecule has 9 heteroatoms. The Morgan fingerprint density at radius 2 is 1.80 bits per heavy atom. The minimum atomic E-state index is -1.16. The number of hydrogen-bond donors (Lipinski definition) is 2. The van der Waals surface area contributed by atoms with Gasteiger partial charge >= 0.3 is 12.0 Å². The first-order chi connectivity index (χ1) is 11.5. The number of nitrogens with one attached hydrogen (secondary N) is 2. The number of urea groups is 1. The first kappa shape index (κ1) is 21.0. The van der Waals surface area contributed by atoms with Crippen LogP contribution in [0, 0.1) is 12.8 Å². The molecule has 1 aromatic heterocycles. The van der Waals surface area contributed by atoms with Crippen LogP contribution in [0.4, 0.5) is 4.79 Å². The number of ether oxygens (including phenoxy) is 1. The molecule has 0 aromatic carbocycles. The first-order valence-electron chi connectivity index (χ1n) is 8.08. The number of aromatic nitrogens is 2. The molecule has 25 heavy (non-hydrogen) atoms. The van der Waals surface area contributed by atoms with Crippen molar-refractivity contribution in [1.82, 2.24) is 20.4 Å². The van der Waals surface area contributed by atoms with Crippen LogP contribution >= 0.6 is 11.6 Å². The Balaban J connectivity index is 2.77. The summed E-state index contributed by atoms with van der Waals surface area (Å²) in [5.74, 6) is -1.19. The summed E-state index contributed by atoms with van der Waals surface area (Å²) in [4.78, 5) is 35.8. The molecule has 0 saturated heterocycles.